The lowest BCUT2D eigenvalue weighted by molar-refractivity contribution is 0.195. The van der Waals surface area contributed by atoms with Crippen LogP contribution in [0.2, 0.25) is 0 Å². The van der Waals surface area contributed by atoms with Crippen LogP contribution in [-0.4, -0.2) is 32.9 Å². The molecule has 1 rings (SSSR count). The molecule has 6 nitrogen and oxygen atoms in total. The maximum Gasteiger partial charge on any atom is 0.413 e. The monoisotopic (exact) mass is 287 g/mol. The van der Waals surface area contributed by atoms with Gasteiger partial charge in [-0.15, -0.1) is 0 Å². The van der Waals surface area contributed by atoms with Crippen LogP contribution in [0.15, 0.2) is 6.07 Å². The number of hydrogen-bond acceptors (Lipinski definition) is 4. The second-order valence-corrected chi connectivity index (χ2v) is 6.12. The number of rotatable bonds is 6. The topological polar surface area (TPSA) is 73.2 Å². The minimum atomic E-state index is -0.972. The van der Waals surface area contributed by atoms with Crippen LogP contribution in [0, 0.1) is 5.92 Å². The molecule has 0 aromatic carbocycles. The highest BCUT2D eigenvalue weighted by Gasteiger charge is 2.14. The standard InChI is InChI=1S/C12H21N3O3S/c1-5-13-12(16)18-11-6-10(8-19(4)17)14-15(11)7-9(2)3/h6,9H,5,7-8H2,1-4H3,(H,13,16). The largest absolute Gasteiger partial charge is 0.413 e. The molecule has 1 aromatic rings. The number of aromatic nitrogens is 2. The summed E-state index contributed by atoms with van der Waals surface area (Å²) in [6.45, 7) is 7.07. The van der Waals surface area contributed by atoms with Gasteiger partial charge in [-0.25, -0.2) is 9.48 Å². The number of carbonyl (C=O) groups is 1. The Morgan fingerprint density at radius 1 is 1.58 bits per heavy atom. The summed E-state index contributed by atoms with van der Waals surface area (Å²) in [5.74, 6) is 1.12. The summed E-state index contributed by atoms with van der Waals surface area (Å²) in [5.41, 5.74) is 0.667. The Hall–Kier alpha value is -1.37. The molecule has 108 valence electrons. The van der Waals surface area contributed by atoms with Crippen molar-refractivity contribution in [3.63, 3.8) is 0 Å². The average molecular weight is 287 g/mol. The zero-order valence-corrected chi connectivity index (χ0v) is 12.6. The molecule has 1 unspecified atom stereocenters. The minimum absolute atomic E-state index is 0.358. The van der Waals surface area contributed by atoms with E-state index in [1.54, 1.807) is 17.0 Å². The van der Waals surface area contributed by atoms with Gasteiger partial charge in [-0.3, -0.25) is 4.21 Å². The molecular weight excluding hydrogens is 266 g/mol. The molecule has 0 spiro atoms. The Labute approximate surface area is 116 Å². The summed E-state index contributed by atoms with van der Waals surface area (Å²) >= 11 is 0. The van der Waals surface area contributed by atoms with Crippen LogP contribution >= 0.6 is 0 Å². The van der Waals surface area contributed by atoms with E-state index in [2.05, 4.69) is 24.3 Å². The molecule has 1 atom stereocenters. The lowest BCUT2D eigenvalue weighted by Crippen LogP contribution is -2.27. The molecule has 0 bridgehead atoms. The molecule has 1 aromatic heterocycles. The predicted octanol–water partition coefficient (Wildman–Crippen LogP) is 1.53. The van der Waals surface area contributed by atoms with E-state index in [1.165, 1.54) is 0 Å². The first kappa shape index (κ1) is 15.7. The smallest absolute Gasteiger partial charge is 0.392 e. The molecule has 0 saturated heterocycles. The molecule has 0 aliphatic rings. The maximum absolute atomic E-state index is 11.4. The zero-order chi connectivity index (χ0) is 14.4. The molecule has 0 aliphatic carbocycles. The fraction of sp³-hybridized carbons (Fsp3) is 0.667. The van der Waals surface area contributed by atoms with Gasteiger partial charge >= 0.3 is 6.09 Å². The summed E-state index contributed by atoms with van der Waals surface area (Å²) in [6.07, 6.45) is 1.11. The van der Waals surface area contributed by atoms with Gasteiger partial charge in [0.25, 0.3) is 0 Å². The van der Waals surface area contributed by atoms with Crippen LogP contribution in [0.25, 0.3) is 0 Å². The van der Waals surface area contributed by atoms with Gasteiger partial charge in [-0.2, -0.15) is 5.10 Å². The Bertz CT molecular complexity index is 457. The normalized spacial score (nSPS) is 12.5. The van der Waals surface area contributed by atoms with Crippen LogP contribution in [0.5, 0.6) is 5.88 Å². The van der Waals surface area contributed by atoms with E-state index in [4.69, 9.17) is 4.74 Å². The molecule has 1 amide bonds. The van der Waals surface area contributed by atoms with Crippen LogP contribution < -0.4 is 10.1 Å². The quantitative estimate of drug-likeness (QED) is 0.861. The third-order valence-electron chi connectivity index (χ3n) is 2.20. The molecule has 0 radical (unpaired) electrons. The van der Waals surface area contributed by atoms with Crippen LogP contribution in [0.1, 0.15) is 26.5 Å². The molecule has 0 aliphatic heterocycles. The maximum atomic E-state index is 11.4. The Morgan fingerprint density at radius 3 is 2.79 bits per heavy atom. The average Bonchev–Trinajstić information content (AvgIpc) is 2.58. The van der Waals surface area contributed by atoms with E-state index in [-0.39, 0.29) is 0 Å². The Kier molecular flexibility index (Phi) is 6.01. The fourth-order valence-electron chi connectivity index (χ4n) is 1.56. The van der Waals surface area contributed by atoms with Crippen LogP contribution in [0.3, 0.4) is 0 Å². The van der Waals surface area contributed by atoms with Crippen molar-refractivity contribution in [1.82, 2.24) is 15.1 Å². The Morgan fingerprint density at radius 2 is 2.26 bits per heavy atom. The van der Waals surface area contributed by atoms with E-state index in [0.29, 0.717) is 36.3 Å². The highest BCUT2D eigenvalue weighted by molar-refractivity contribution is 7.83. The number of carbonyl (C=O) groups excluding carboxylic acids is 1. The minimum Gasteiger partial charge on any atom is -0.392 e. The molecule has 0 fully saturated rings. The van der Waals surface area contributed by atoms with Crippen molar-refractivity contribution in [3.05, 3.63) is 11.8 Å². The number of ether oxygens (including phenoxy) is 1. The van der Waals surface area contributed by atoms with Crippen molar-refractivity contribution in [3.8, 4) is 5.88 Å². The first-order chi connectivity index (χ1) is 8.92. The van der Waals surface area contributed by atoms with Crippen LogP contribution in [-0.2, 0) is 23.1 Å². The third-order valence-corrected chi connectivity index (χ3v) is 2.90. The van der Waals surface area contributed by atoms with E-state index in [9.17, 15) is 9.00 Å². The van der Waals surface area contributed by atoms with E-state index < -0.39 is 16.9 Å². The summed E-state index contributed by atoms with van der Waals surface area (Å²) in [6, 6.07) is 1.67. The molecule has 19 heavy (non-hydrogen) atoms. The number of hydrogen-bond donors (Lipinski definition) is 1. The van der Waals surface area contributed by atoms with Gasteiger partial charge in [-0.1, -0.05) is 13.8 Å². The van der Waals surface area contributed by atoms with E-state index in [1.807, 2.05) is 6.92 Å². The number of nitrogens with one attached hydrogen (secondary N) is 1. The molecule has 1 heterocycles. The van der Waals surface area contributed by atoms with Gasteiger partial charge in [0, 0.05) is 36.2 Å². The van der Waals surface area contributed by atoms with Gasteiger partial charge < -0.3 is 10.1 Å². The van der Waals surface area contributed by atoms with Gasteiger partial charge in [0.2, 0.25) is 5.88 Å². The summed E-state index contributed by atoms with van der Waals surface area (Å²) in [7, 11) is -0.972. The first-order valence-corrected chi connectivity index (χ1v) is 7.97. The van der Waals surface area contributed by atoms with Gasteiger partial charge in [-0.05, 0) is 12.8 Å². The van der Waals surface area contributed by atoms with Crippen LogP contribution in [0.4, 0.5) is 4.79 Å². The highest BCUT2D eigenvalue weighted by Crippen LogP contribution is 2.17. The fourth-order valence-corrected chi connectivity index (χ4v) is 2.12. The SMILES string of the molecule is CCNC(=O)Oc1cc(CS(C)=O)nn1CC(C)C. The lowest BCUT2D eigenvalue weighted by atomic mass is 10.2. The zero-order valence-electron chi connectivity index (χ0n) is 11.8. The van der Waals surface area contributed by atoms with Gasteiger partial charge in [0.1, 0.15) is 0 Å². The summed E-state index contributed by atoms with van der Waals surface area (Å²) in [4.78, 5) is 11.4. The van der Waals surface area contributed by atoms with Gasteiger partial charge in [0.05, 0.1) is 11.4 Å². The molecule has 1 N–H and O–H groups in total. The van der Waals surface area contributed by atoms with E-state index >= 15 is 0 Å². The van der Waals surface area contributed by atoms with Crippen molar-refractivity contribution < 1.29 is 13.7 Å². The summed E-state index contributed by atoms with van der Waals surface area (Å²) < 4.78 is 18.1. The second kappa shape index (κ2) is 7.28. The highest BCUT2D eigenvalue weighted by atomic mass is 32.2. The van der Waals surface area contributed by atoms with Gasteiger partial charge in [0.15, 0.2) is 0 Å². The number of nitrogens with zero attached hydrogens (tertiary/aromatic N) is 2. The van der Waals surface area contributed by atoms with Crippen molar-refractivity contribution in [2.24, 2.45) is 5.92 Å². The van der Waals surface area contributed by atoms with Crippen molar-refractivity contribution >= 4 is 16.9 Å². The van der Waals surface area contributed by atoms with E-state index in [0.717, 1.165) is 0 Å². The third kappa shape index (κ3) is 5.42. The summed E-state index contributed by atoms with van der Waals surface area (Å²) in [5, 5.41) is 6.88. The van der Waals surface area contributed by atoms with Crippen molar-refractivity contribution in [2.45, 2.75) is 33.1 Å². The van der Waals surface area contributed by atoms with Crippen molar-refractivity contribution in [2.75, 3.05) is 12.8 Å². The predicted molar refractivity (Wildman–Crippen MR) is 74.5 cm³/mol. The molecule has 0 saturated carbocycles. The molecular formula is C12H21N3O3S. The molecule has 7 heteroatoms. The second-order valence-electron chi connectivity index (χ2n) is 4.69. The lowest BCUT2D eigenvalue weighted by Gasteiger charge is -2.09. The number of amides is 1. The first-order valence-electron chi connectivity index (χ1n) is 6.24. The Balaban J connectivity index is 2.88. The van der Waals surface area contributed by atoms with Crippen molar-refractivity contribution in [1.29, 1.82) is 0 Å².